The molecule has 0 aliphatic carbocycles. The number of hydrogen-bond acceptors (Lipinski definition) is 3. The average Bonchev–Trinajstić information content (AvgIpc) is 2.94. The van der Waals surface area contributed by atoms with Crippen LogP contribution in [0.2, 0.25) is 0 Å². The van der Waals surface area contributed by atoms with Gasteiger partial charge in [0, 0.05) is 37.9 Å². The average molecular weight is 320 g/mol. The van der Waals surface area contributed by atoms with E-state index in [-0.39, 0.29) is 11.8 Å². The van der Waals surface area contributed by atoms with Crippen LogP contribution in [0.3, 0.4) is 0 Å². The van der Waals surface area contributed by atoms with Gasteiger partial charge in [0.2, 0.25) is 5.91 Å². The molecule has 1 amide bonds. The summed E-state index contributed by atoms with van der Waals surface area (Å²) in [5.41, 5.74) is 0. The monoisotopic (exact) mass is 320 g/mol. The third kappa shape index (κ3) is 5.98. The number of carbonyl (C=O) groups excluding carboxylic acids is 1. The van der Waals surface area contributed by atoms with Crippen molar-refractivity contribution < 1.29 is 4.79 Å². The van der Waals surface area contributed by atoms with Crippen molar-refractivity contribution in [2.24, 2.45) is 11.8 Å². The van der Waals surface area contributed by atoms with Crippen molar-refractivity contribution >= 4 is 5.91 Å². The highest BCUT2D eigenvalue weighted by Gasteiger charge is 2.20. The lowest BCUT2D eigenvalue weighted by molar-refractivity contribution is -0.124. The van der Waals surface area contributed by atoms with Crippen LogP contribution in [0.1, 0.15) is 45.4 Å². The zero-order valence-electron chi connectivity index (χ0n) is 14.9. The summed E-state index contributed by atoms with van der Waals surface area (Å²) in [6.45, 7) is 11.4. The topological polar surface area (TPSA) is 50.2 Å². The molecule has 1 aromatic heterocycles. The molecule has 0 aromatic carbocycles. The Morgan fingerprint density at radius 1 is 1.39 bits per heavy atom. The highest BCUT2D eigenvalue weighted by molar-refractivity contribution is 5.77. The summed E-state index contributed by atoms with van der Waals surface area (Å²) in [6.07, 6.45) is 8.84. The molecule has 1 aliphatic heterocycles. The maximum atomic E-state index is 11.7. The second-order valence-corrected chi connectivity index (χ2v) is 7.08. The van der Waals surface area contributed by atoms with Crippen LogP contribution in [-0.2, 0) is 11.3 Å². The number of likely N-dealkylation sites (tertiary alicyclic amines) is 1. The number of carbonyl (C=O) groups is 1. The number of hydrogen-bond donors (Lipinski definition) is 1. The SMILES string of the molecule is Cc1nccn1CCCCN1CCC[C@@H](CNC(=O)C(C)C)C1. The van der Waals surface area contributed by atoms with Crippen molar-refractivity contribution in [3.05, 3.63) is 18.2 Å². The second kappa shape index (κ2) is 9.06. The zero-order chi connectivity index (χ0) is 16.7. The van der Waals surface area contributed by atoms with Crippen molar-refractivity contribution in [3.8, 4) is 0 Å². The minimum Gasteiger partial charge on any atom is -0.356 e. The highest BCUT2D eigenvalue weighted by atomic mass is 16.1. The summed E-state index contributed by atoms with van der Waals surface area (Å²) < 4.78 is 2.22. The van der Waals surface area contributed by atoms with E-state index in [0.29, 0.717) is 5.92 Å². The number of amides is 1. The number of nitrogens with zero attached hydrogens (tertiary/aromatic N) is 3. The van der Waals surface area contributed by atoms with Crippen LogP contribution >= 0.6 is 0 Å². The molecule has 0 saturated carbocycles. The molecule has 23 heavy (non-hydrogen) atoms. The fourth-order valence-corrected chi connectivity index (χ4v) is 3.23. The molecule has 1 aromatic rings. The molecule has 1 saturated heterocycles. The summed E-state index contributed by atoms with van der Waals surface area (Å²) in [5, 5.41) is 3.09. The Hall–Kier alpha value is -1.36. The van der Waals surface area contributed by atoms with Gasteiger partial charge in [0.15, 0.2) is 0 Å². The Balaban J connectivity index is 1.62. The van der Waals surface area contributed by atoms with Crippen molar-refractivity contribution in [2.75, 3.05) is 26.2 Å². The summed E-state index contributed by atoms with van der Waals surface area (Å²) in [5.74, 6) is 1.98. The first-order valence-corrected chi connectivity index (χ1v) is 9.04. The van der Waals surface area contributed by atoms with E-state index in [4.69, 9.17) is 0 Å². The maximum Gasteiger partial charge on any atom is 0.222 e. The predicted molar refractivity (Wildman–Crippen MR) is 93.2 cm³/mol. The molecule has 0 radical (unpaired) electrons. The first-order valence-electron chi connectivity index (χ1n) is 9.04. The molecule has 0 spiro atoms. The molecule has 1 aliphatic rings. The van der Waals surface area contributed by atoms with E-state index >= 15 is 0 Å². The zero-order valence-corrected chi connectivity index (χ0v) is 14.9. The van der Waals surface area contributed by atoms with Crippen molar-refractivity contribution in [1.29, 1.82) is 0 Å². The van der Waals surface area contributed by atoms with Crippen LogP contribution in [0.25, 0.3) is 0 Å². The van der Waals surface area contributed by atoms with Gasteiger partial charge in [0.1, 0.15) is 5.82 Å². The Bertz CT molecular complexity index is 483. The van der Waals surface area contributed by atoms with E-state index in [9.17, 15) is 4.79 Å². The van der Waals surface area contributed by atoms with Crippen LogP contribution in [0, 0.1) is 18.8 Å². The van der Waals surface area contributed by atoms with E-state index < -0.39 is 0 Å². The molecule has 2 rings (SSSR count). The van der Waals surface area contributed by atoms with Gasteiger partial charge in [-0.2, -0.15) is 0 Å². The number of aryl methyl sites for hydroxylation is 2. The molecule has 5 nitrogen and oxygen atoms in total. The summed E-state index contributed by atoms with van der Waals surface area (Å²) in [6, 6.07) is 0. The summed E-state index contributed by atoms with van der Waals surface area (Å²) >= 11 is 0. The summed E-state index contributed by atoms with van der Waals surface area (Å²) in [7, 11) is 0. The van der Waals surface area contributed by atoms with Crippen LogP contribution in [0.4, 0.5) is 0 Å². The molecule has 1 N–H and O–H groups in total. The molecule has 1 fully saturated rings. The van der Waals surface area contributed by atoms with Gasteiger partial charge in [-0.3, -0.25) is 4.79 Å². The minimum atomic E-state index is 0.0846. The van der Waals surface area contributed by atoms with Crippen LogP contribution in [0.5, 0.6) is 0 Å². The van der Waals surface area contributed by atoms with E-state index in [0.717, 1.165) is 25.5 Å². The fraction of sp³-hybridized carbons (Fsp3) is 0.778. The maximum absolute atomic E-state index is 11.7. The Morgan fingerprint density at radius 2 is 2.17 bits per heavy atom. The smallest absolute Gasteiger partial charge is 0.222 e. The van der Waals surface area contributed by atoms with E-state index in [2.05, 4.69) is 32.9 Å². The normalized spacial score (nSPS) is 19.2. The number of aromatic nitrogens is 2. The summed E-state index contributed by atoms with van der Waals surface area (Å²) in [4.78, 5) is 18.5. The molecule has 0 bridgehead atoms. The highest BCUT2D eigenvalue weighted by Crippen LogP contribution is 2.16. The van der Waals surface area contributed by atoms with Crippen LogP contribution < -0.4 is 5.32 Å². The number of piperidine rings is 1. The lowest BCUT2D eigenvalue weighted by Gasteiger charge is -2.33. The lowest BCUT2D eigenvalue weighted by Crippen LogP contribution is -2.42. The van der Waals surface area contributed by atoms with Crippen molar-refractivity contribution in [3.63, 3.8) is 0 Å². The molecule has 1 atom stereocenters. The number of rotatable bonds is 8. The van der Waals surface area contributed by atoms with Crippen molar-refractivity contribution in [1.82, 2.24) is 19.8 Å². The van der Waals surface area contributed by atoms with Gasteiger partial charge < -0.3 is 14.8 Å². The molecule has 5 heteroatoms. The largest absolute Gasteiger partial charge is 0.356 e. The van der Waals surface area contributed by atoms with Gasteiger partial charge in [-0.25, -0.2) is 4.98 Å². The van der Waals surface area contributed by atoms with Gasteiger partial charge in [0.25, 0.3) is 0 Å². The molecule has 130 valence electrons. The predicted octanol–water partition coefficient (Wildman–Crippen LogP) is 2.46. The molecular weight excluding hydrogens is 288 g/mol. The first kappa shape index (κ1) is 18.0. The number of imidazole rings is 1. The lowest BCUT2D eigenvalue weighted by atomic mass is 9.97. The van der Waals surface area contributed by atoms with Gasteiger partial charge in [-0.05, 0) is 51.6 Å². The molecule has 0 unspecified atom stereocenters. The molecular formula is C18H32N4O. The van der Waals surface area contributed by atoms with Crippen LogP contribution in [-0.4, -0.2) is 46.5 Å². The Kier molecular flexibility index (Phi) is 7.09. The van der Waals surface area contributed by atoms with Gasteiger partial charge >= 0.3 is 0 Å². The van der Waals surface area contributed by atoms with Gasteiger partial charge in [-0.15, -0.1) is 0 Å². The van der Waals surface area contributed by atoms with Gasteiger partial charge in [-0.1, -0.05) is 13.8 Å². The second-order valence-electron chi connectivity index (χ2n) is 7.08. The third-order valence-corrected chi connectivity index (χ3v) is 4.74. The van der Waals surface area contributed by atoms with Crippen LogP contribution in [0.15, 0.2) is 12.4 Å². The van der Waals surface area contributed by atoms with Gasteiger partial charge in [0.05, 0.1) is 0 Å². The minimum absolute atomic E-state index is 0.0846. The van der Waals surface area contributed by atoms with E-state index in [1.54, 1.807) is 0 Å². The van der Waals surface area contributed by atoms with E-state index in [1.807, 2.05) is 20.0 Å². The standard InChI is InChI=1S/C18H32N4O/c1-15(2)18(23)20-13-17-7-6-10-21(14-17)9-4-5-11-22-12-8-19-16(22)3/h8,12,15,17H,4-7,9-11,13-14H2,1-3H3,(H,20,23)/t17-/m0/s1. The Morgan fingerprint density at radius 3 is 2.87 bits per heavy atom. The fourth-order valence-electron chi connectivity index (χ4n) is 3.23. The quantitative estimate of drug-likeness (QED) is 0.749. The first-order chi connectivity index (χ1) is 11.1. The van der Waals surface area contributed by atoms with E-state index in [1.165, 1.54) is 38.8 Å². The number of nitrogens with one attached hydrogen (secondary N) is 1. The number of unbranched alkanes of at least 4 members (excludes halogenated alkanes) is 1. The van der Waals surface area contributed by atoms with Crippen molar-refractivity contribution in [2.45, 2.75) is 53.0 Å². The Labute approximate surface area is 140 Å². The molecule has 2 heterocycles. The third-order valence-electron chi connectivity index (χ3n) is 4.74.